The average Bonchev–Trinajstić information content (AvgIpc) is 2.66. The highest BCUT2D eigenvalue weighted by Crippen LogP contribution is 2.19. The Kier molecular flexibility index (Phi) is 7.50. The molecule has 25 heavy (non-hydrogen) atoms. The molecule has 0 aliphatic rings. The Morgan fingerprint density at radius 3 is 2.48 bits per heavy atom. The molecule has 0 radical (unpaired) electrons. The Bertz CT molecular complexity index is 676. The van der Waals surface area contributed by atoms with E-state index in [1.807, 2.05) is 60.9 Å². The van der Waals surface area contributed by atoms with Crippen LogP contribution in [0.1, 0.15) is 17.2 Å². The molecule has 132 valence electrons. The zero-order valence-electron chi connectivity index (χ0n) is 13.9. The number of hydrogen-bond donors (Lipinski definition) is 2. The van der Waals surface area contributed by atoms with Crippen LogP contribution in [0.3, 0.4) is 0 Å². The maximum Gasteiger partial charge on any atom is 0.239 e. The Labute approximate surface area is 151 Å². The molecule has 2 aromatic rings. The number of amides is 2. The van der Waals surface area contributed by atoms with Gasteiger partial charge < -0.3 is 9.84 Å². The van der Waals surface area contributed by atoms with Crippen molar-refractivity contribution in [3.8, 4) is 5.75 Å². The average molecular weight is 359 g/mol. The van der Waals surface area contributed by atoms with Crippen molar-refractivity contribution in [3.63, 3.8) is 0 Å². The fourth-order valence-electron chi connectivity index (χ4n) is 2.32. The van der Waals surface area contributed by atoms with E-state index in [2.05, 4.69) is 5.32 Å². The maximum absolute atomic E-state index is 11.7. The molecule has 0 aromatic heterocycles. The summed E-state index contributed by atoms with van der Waals surface area (Å²) in [4.78, 5) is 22.1. The van der Waals surface area contributed by atoms with Gasteiger partial charge in [0.1, 0.15) is 18.5 Å². The minimum absolute atomic E-state index is 0.165. The van der Waals surface area contributed by atoms with Crippen molar-refractivity contribution in [2.24, 2.45) is 0 Å². The molecule has 0 saturated heterocycles. The van der Waals surface area contributed by atoms with Crippen molar-refractivity contribution in [1.29, 1.82) is 0 Å². The zero-order valence-corrected chi connectivity index (χ0v) is 14.7. The molecule has 0 aliphatic carbocycles. The number of benzene rings is 2. The summed E-state index contributed by atoms with van der Waals surface area (Å²) in [6.07, 6.45) is 2.07. The molecule has 2 atom stereocenters. The number of carbonyl (C=O) groups is 2. The SMILES string of the molecule is CSC(Cc1ccc(OCC(O)c2ccccc2)cc1)C(=O)NC=O. The second-order valence-electron chi connectivity index (χ2n) is 5.44. The number of ether oxygens (including phenoxy) is 1. The smallest absolute Gasteiger partial charge is 0.239 e. The number of hydrogen-bond acceptors (Lipinski definition) is 5. The van der Waals surface area contributed by atoms with Crippen LogP contribution in [0.2, 0.25) is 0 Å². The molecule has 0 bridgehead atoms. The van der Waals surface area contributed by atoms with Crippen molar-refractivity contribution >= 4 is 24.1 Å². The van der Waals surface area contributed by atoms with E-state index in [0.29, 0.717) is 18.6 Å². The summed E-state index contributed by atoms with van der Waals surface area (Å²) in [5.74, 6) is 0.352. The number of nitrogens with one attached hydrogen (secondary N) is 1. The van der Waals surface area contributed by atoms with Gasteiger partial charge in [0.25, 0.3) is 0 Å². The highest BCUT2D eigenvalue weighted by Gasteiger charge is 2.17. The first-order valence-corrected chi connectivity index (χ1v) is 9.14. The molecule has 2 N–H and O–H groups in total. The molecule has 0 aliphatic heterocycles. The fourth-order valence-corrected chi connectivity index (χ4v) is 2.96. The number of aliphatic hydroxyl groups excluding tert-OH is 1. The predicted octanol–water partition coefficient (Wildman–Crippen LogP) is 2.35. The predicted molar refractivity (Wildman–Crippen MR) is 98.6 cm³/mol. The molecule has 0 fully saturated rings. The summed E-state index contributed by atoms with van der Waals surface area (Å²) < 4.78 is 5.61. The molecule has 6 heteroatoms. The Hall–Kier alpha value is -2.31. The molecule has 2 amide bonds. The maximum atomic E-state index is 11.7. The minimum atomic E-state index is -0.686. The van der Waals surface area contributed by atoms with Crippen LogP contribution in [0.15, 0.2) is 54.6 Å². The van der Waals surface area contributed by atoms with Gasteiger partial charge in [-0.3, -0.25) is 14.9 Å². The second kappa shape index (κ2) is 9.86. The van der Waals surface area contributed by atoms with Gasteiger partial charge in [0.05, 0.1) is 5.25 Å². The Morgan fingerprint density at radius 2 is 1.88 bits per heavy atom. The molecule has 5 nitrogen and oxygen atoms in total. The van der Waals surface area contributed by atoms with E-state index in [4.69, 9.17) is 4.74 Å². The monoisotopic (exact) mass is 359 g/mol. The van der Waals surface area contributed by atoms with Crippen molar-refractivity contribution in [1.82, 2.24) is 5.32 Å². The van der Waals surface area contributed by atoms with Gasteiger partial charge in [-0.2, -0.15) is 11.8 Å². The minimum Gasteiger partial charge on any atom is -0.491 e. The number of aliphatic hydroxyl groups is 1. The van der Waals surface area contributed by atoms with E-state index < -0.39 is 6.10 Å². The first-order valence-electron chi connectivity index (χ1n) is 7.85. The first kappa shape index (κ1) is 19.0. The third-order valence-electron chi connectivity index (χ3n) is 3.71. The van der Waals surface area contributed by atoms with Gasteiger partial charge >= 0.3 is 0 Å². The summed E-state index contributed by atoms with van der Waals surface area (Å²) >= 11 is 1.39. The zero-order chi connectivity index (χ0) is 18.1. The molecule has 0 spiro atoms. The lowest BCUT2D eigenvalue weighted by Gasteiger charge is -2.14. The number of carbonyl (C=O) groups excluding carboxylic acids is 2. The van der Waals surface area contributed by atoms with E-state index in [-0.39, 0.29) is 17.8 Å². The van der Waals surface area contributed by atoms with Gasteiger partial charge in [0.15, 0.2) is 0 Å². The summed E-state index contributed by atoms with van der Waals surface area (Å²) in [6.45, 7) is 0.165. The van der Waals surface area contributed by atoms with E-state index in [1.165, 1.54) is 11.8 Å². The van der Waals surface area contributed by atoms with Crippen LogP contribution >= 0.6 is 11.8 Å². The molecule has 2 rings (SSSR count). The lowest BCUT2D eigenvalue weighted by Crippen LogP contribution is -2.32. The lowest BCUT2D eigenvalue weighted by atomic mass is 10.1. The van der Waals surface area contributed by atoms with Crippen LogP contribution in [0, 0.1) is 0 Å². The highest BCUT2D eigenvalue weighted by molar-refractivity contribution is 7.99. The first-order chi connectivity index (χ1) is 12.1. The highest BCUT2D eigenvalue weighted by atomic mass is 32.2. The topological polar surface area (TPSA) is 75.6 Å². The molecule has 2 aromatic carbocycles. The second-order valence-corrected chi connectivity index (χ2v) is 6.48. The van der Waals surface area contributed by atoms with Crippen LogP contribution < -0.4 is 10.1 Å². The summed E-state index contributed by atoms with van der Waals surface area (Å²) in [7, 11) is 0. The van der Waals surface area contributed by atoms with Gasteiger partial charge in [0, 0.05) is 0 Å². The number of imide groups is 1. The standard InChI is InChI=1S/C19H21NO4S/c1-25-18(19(23)20-13-21)11-14-7-9-16(10-8-14)24-12-17(22)15-5-3-2-4-6-15/h2-10,13,17-18,22H,11-12H2,1H3,(H,20,21,23). The number of thioether (sulfide) groups is 1. The van der Waals surface area contributed by atoms with Gasteiger partial charge in [0.2, 0.25) is 12.3 Å². The van der Waals surface area contributed by atoms with Crippen LogP contribution in [-0.4, -0.2) is 35.5 Å². The van der Waals surface area contributed by atoms with Crippen molar-refractivity contribution < 1.29 is 19.4 Å². The lowest BCUT2D eigenvalue weighted by molar-refractivity contribution is -0.124. The fraction of sp³-hybridized carbons (Fsp3) is 0.263. The summed E-state index contributed by atoms with van der Waals surface area (Å²) in [5.41, 5.74) is 1.78. The molecule has 0 heterocycles. The van der Waals surface area contributed by atoms with Crippen LogP contribution in [0.4, 0.5) is 0 Å². The van der Waals surface area contributed by atoms with Gasteiger partial charge in [-0.15, -0.1) is 0 Å². The molecular formula is C19H21NO4S. The third-order valence-corrected chi connectivity index (χ3v) is 4.66. The Morgan fingerprint density at radius 1 is 1.20 bits per heavy atom. The van der Waals surface area contributed by atoms with E-state index in [0.717, 1.165) is 11.1 Å². The molecule has 0 saturated carbocycles. The van der Waals surface area contributed by atoms with Crippen LogP contribution in [-0.2, 0) is 16.0 Å². The third kappa shape index (κ3) is 5.92. The van der Waals surface area contributed by atoms with Gasteiger partial charge in [-0.1, -0.05) is 42.5 Å². The summed E-state index contributed by atoms with van der Waals surface area (Å²) in [5, 5.41) is 12.0. The van der Waals surface area contributed by atoms with Crippen molar-refractivity contribution in [2.75, 3.05) is 12.9 Å². The van der Waals surface area contributed by atoms with E-state index >= 15 is 0 Å². The Balaban J connectivity index is 1.89. The quantitative estimate of drug-likeness (QED) is 0.672. The number of rotatable bonds is 9. The molecule has 2 unspecified atom stereocenters. The van der Waals surface area contributed by atoms with Crippen molar-refractivity contribution in [2.45, 2.75) is 17.8 Å². The van der Waals surface area contributed by atoms with E-state index in [1.54, 1.807) is 0 Å². The van der Waals surface area contributed by atoms with Crippen molar-refractivity contribution in [3.05, 3.63) is 65.7 Å². The van der Waals surface area contributed by atoms with Crippen LogP contribution in [0.5, 0.6) is 5.75 Å². The normalized spacial score (nSPS) is 12.9. The van der Waals surface area contributed by atoms with E-state index in [9.17, 15) is 14.7 Å². The van der Waals surface area contributed by atoms with Crippen LogP contribution in [0.25, 0.3) is 0 Å². The van der Waals surface area contributed by atoms with Gasteiger partial charge in [-0.05, 0) is 35.9 Å². The molecular weight excluding hydrogens is 338 g/mol. The summed E-state index contributed by atoms with van der Waals surface area (Å²) in [6, 6.07) is 16.7. The van der Waals surface area contributed by atoms with Gasteiger partial charge in [-0.25, -0.2) is 0 Å². The largest absolute Gasteiger partial charge is 0.491 e.